The molecule has 93 heavy (non-hydrogen) atoms. The molecule has 4 heterocycles. The topological polar surface area (TPSA) is 529 Å². The lowest BCUT2D eigenvalue weighted by atomic mass is 9.84. The van der Waals surface area contributed by atoms with E-state index in [1.54, 1.807) is 0 Å². The first-order valence-electron chi connectivity index (χ1n) is 32.9. The van der Waals surface area contributed by atoms with Crippen LogP contribution >= 0.6 is 7.82 Å². The number of ether oxygens (including phenoxy) is 10. The van der Waals surface area contributed by atoms with Crippen LogP contribution in [0.5, 0.6) is 0 Å². The molecular formula is C59H106O33P-. The minimum Gasteiger partial charge on any atom is -0.756 e. The van der Waals surface area contributed by atoms with E-state index in [0.717, 1.165) is 77.0 Å². The van der Waals surface area contributed by atoms with E-state index in [-0.39, 0.29) is 12.8 Å². The maximum Gasteiger partial charge on any atom is 0.306 e. The van der Waals surface area contributed by atoms with Gasteiger partial charge in [-0.3, -0.25) is 14.2 Å². The number of hydrogen-bond donors (Lipinski definition) is 17. The van der Waals surface area contributed by atoms with Crippen LogP contribution in [0.3, 0.4) is 0 Å². The fourth-order valence-electron chi connectivity index (χ4n) is 11.6. The SMILES string of the molecule is CCCCCCCCCCCCC(=O)OC[C@H](COP(=O)([O-])O[C@@H]1[C@H](O)[C@H](O)[C@@H](O)[C@H](O)[C@H]1O[C@H]1O[C@H](CO)[C@@H](O[C@H]2O[C@H](CO[C@H]3O[C@H](CO)[C@@H](O)[C@H](O)[C@@H]3O[C@H]3O[C@H](CO)[C@@H](O)[C@H](O)[C@@H]3O)[C@@H](O)[C@H](O)[C@@H]2O)[C@H](O)[C@H]1O)OC(=O)CCCCCCCCCCCC. The lowest BCUT2D eigenvalue weighted by molar-refractivity contribution is -0.382. The van der Waals surface area contributed by atoms with Crippen LogP contribution in [0, 0.1) is 0 Å². The second kappa shape index (κ2) is 41.6. The minimum absolute atomic E-state index is 0.0263. The zero-order valence-corrected chi connectivity index (χ0v) is 53.9. The van der Waals surface area contributed by atoms with Crippen molar-refractivity contribution in [2.75, 3.05) is 39.6 Å². The number of phosphoric acid groups is 1. The first kappa shape index (κ1) is 81.7. The van der Waals surface area contributed by atoms with E-state index in [4.69, 9.17) is 56.4 Å². The van der Waals surface area contributed by atoms with E-state index < -0.39 is 225 Å². The van der Waals surface area contributed by atoms with Gasteiger partial charge < -0.3 is 148 Å². The Labute approximate surface area is 540 Å². The van der Waals surface area contributed by atoms with E-state index in [1.807, 2.05) is 0 Å². The number of phosphoric ester groups is 1. The van der Waals surface area contributed by atoms with Gasteiger partial charge in [0, 0.05) is 12.8 Å². The molecule has 1 saturated carbocycles. The number of esters is 2. The summed E-state index contributed by atoms with van der Waals surface area (Å²) in [4.78, 5) is 39.6. The Morgan fingerprint density at radius 1 is 0.398 bits per heavy atom. The number of aliphatic hydroxyl groups excluding tert-OH is 17. The summed E-state index contributed by atoms with van der Waals surface area (Å²) in [5, 5.41) is 183. The van der Waals surface area contributed by atoms with Crippen LogP contribution in [-0.2, 0) is 70.6 Å². The average molecular weight is 1370 g/mol. The summed E-state index contributed by atoms with van der Waals surface area (Å²) in [5.41, 5.74) is 0. The highest BCUT2D eigenvalue weighted by atomic mass is 31.2. The Morgan fingerprint density at radius 2 is 0.753 bits per heavy atom. The molecule has 0 aromatic heterocycles. The fourth-order valence-corrected chi connectivity index (χ4v) is 12.6. The second-order valence-corrected chi connectivity index (χ2v) is 26.1. The average Bonchev–Trinajstić information content (AvgIpc) is 0.785. The first-order valence-corrected chi connectivity index (χ1v) is 34.3. The van der Waals surface area contributed by atoms with E-state index in [9.17, 15) is 106 Å². The molecule has 28 atom stereocenters. The van der Waals surface area contributed by atoms with Crippen LogP contribution in [0.1, 0.15) is 155 Å². The summed E-state index contributed by atoms with van der Waals surface area (Å²) < 4.78 is 79.8. The smallest absolute Gasteiger partial charge is 0.306 e. The van der Waals surface area contributed by atoms with Crippen molar-refractivity contribution < 1.29 is 162 Å². The second-order valence-electron chi connectivity index (χ2n) is 24.7. The van der Waals surface area contributed by atoms with E-state index in [0.29, 0.717) is 19.3 Å². The Morgan fingerprint density at radius 3 is 1.25 bits per heavy atom. The van der Waals surface area contributed by atoms with Crippen molar-refractivity contribution in [2.45, 2.75) is 321 Å². The van der Waals surface area contributed by atoms with Crippen molar-refractivity contribution >= 4 is 19.8 Å². The van der Waals surface area contributed by atoms with Gasteiger partial charge in [0.05, 0.1) is 33.0 Å². The summed E-state index contributed by atoms with van der Waals surface area (Å²) in [7, 11) is -5.84. The molecule has 4 aliphatic heterocycles. The predicted molar refractivity (Wildman–Crippen MR) is 313 cm³/mol. The summed E-state index contributed by atoms with van der Waals surface area (Å²) in [6.07, 6.45) is -35.6. The fraction of sp³-hybridized carbons (Fsp3) is 0.966. The van der Waals surface area contributed by atoms with Crippen molar-refractivity contribution in [3.8, 4) is 0 Å². The van der Waals surface area contributed by atoms with Crippen LogP contribution < -0.4 is 4.89 Å². The molecule has 546 valence electrons. The van der Waals surface area contributed by atoms with Crippen LogP contribution in [0.2, 0.25) is 0 Å². The maximum absolute atomic E-state index is 13.7. The lowest BCUT2D eigenvalue weighted by Crippen LogP contribution is -2.68. The zero-order chi connectivity index (χ0) is 68.5. The summed E-state index contributed by atoms with van der Waals surface area (Å²) in [6, 6.07) is 0. The Bertz CT molecular complexity index is 2120. The lowest BCUT2D eigenvalue weighted by Gasteiger charge is -2.49. The molecule has 33 nitrogen and oxygen atoms in total. The number of carbonyl (C=O) groups excluding carboxylic acids is 2. The van der Waals surface area contributed by atoms with Gasteiger partial charge in [0.25, 0.3) is 7.82 Å². The number of aliphatic hydroxyl groups is 17. The number of unbranched alkanes of at least 4 members (excludes halogenated alkanes) is 18. The van der Waals surface area contributed by atoms with Gasteiger partial charge in [0.15, 0.2) is 31.3 Å². The molecule has 0 radical (unpaired) electrons. The monoisotopic (exact) mass is 1370 g/mol. The molecule has 0 aromatic carbocycles. The number of hydrogen-bond acceptors (Lipinski definition) is 33. The summed E-state index contributed by atoms with van der Waals surface area (Å²) >= 11 is 0. The van der Waals surface area contributed by atoms with Crippen molar-refractivity contribution in [3.05, 3.63) is 0 Å². The molecule has 1 unspecified atom stereocenters. The maximum atomic E-state index is 13.7. The highest BCUT2D eigenvalue weighted by molar-refractivity contribution is 7.45. The van der Waals surface area contributed by atoms with Gasteiger partial charge in [0.1, 0.15) is 141 Å². The van der Waals surface area contributed by atoms with E-state index in [2.05, 4.69) is 13.8 Å². The van der Waals surface area contributed by atoms with Crippen LogP contribution in [0.15, 0.2) is 0 Å². The van der Waals surface area contributed by atoms with Gasteiger partial charge in [-0.15, -0.1) is 0 Å². The summed E-state index contributed by atoms with van der Waals surface area (Å²) in [5.74, 6) is -1.40. The molecule has 0 bridgehead atoms. The highest BCUT2D eigenvalue weighted by Gasteiger charge is 2.57. The molecule has 17 N–H and O–H groups in total. The molecule has 0 amide bonds. The third-order valence-electron chi connectivity index (χ3n) is 17.4. The molecule has 1 aliphatic carbocycles. The molecule has 5 fully saturated rings. The van der Waals surface area contributed by atoms with Crippen LogP contribution in [0.4, 0.5) is 0 Å². The Kier molecular flexibility index (Phi) is 36.5. The third kappa shape index (κ3) is 24.4. The predicted octanol–water partition coefficient (Wildman–Crippen LogP) is -3.95. The third-order valence-corrected chi connectivity index (χ3v) is 18.3. The van der Waals surface area contributed by atoms with Gasteiger partial charge in [-0.25, -0.2) is 0 Å². The number of rotatable bonds is 42. The summed E-state index contributed by atoms with van der Waals surface area (Å²) in [6.45, 7) is -1.23. The largest absolute Gasteiger partial charge is 0.756 e. The molecule has 4 saturated heterocycles. The molecule has 5 rings (SSSR count). The normalized spacial score (nSPS) is 38.5. The minimum atomic E-state index is -5.84. The molecule has 0 spiro atoms. The molecular weight excluding hydrogens is 1270 g/mol. The van der Waals surface area contributed by atoms with Gasteiger partial charge in [-0.1, -0.05) is 129 Å². The Hall–Kier alpha value is -1.95. The van der Waals surface area contributed by atoms with Gasteiger partial charge in [0.2, 0.25) is 0 Å². The van der Waals surface area contributed by atoms with Crippen molar-refractivity contribution in [3.63, 3.8) is 0 Å². The quantitative estimate of drug-likeness (QED) is 0.0158. The van der Waals surface area contributed by atoms with Crippen LogP contribution in [0.25, 0.3) is 0 Å². The highest BCUT2D eigenvalue weighted by Crippen LogP contribution is 2.45. The van der Waals surface area contributed by atoms with E-state index in [1.165, 1.54) is 32.1 Å². The van der Waals surface area contributed by atoms with E-state index >= 15 is 0 Å². The van der Waals surface area contributed by atoms with Crippen molar-refractivity contribution in [2.24, 2.45) is 0 Å². The molecule has 5 aliphatic rings. The zero-order valence-electron chi connectivity index (χ0n) is 53.0. The molecule has 0 aromatic rings. The van der Waals surface area contributed by atoms with Gasteiger partial charge in [-0.05, 0) is 12.8 Å². The molecule has 34 heteroatoms. The van der Waals surface area contributed by atoms with Crippen molar-refractivity contribution in [1.82, 2.24) is 0 Å². The standard InChI is InChI=1S/C59H107O33P/c1-3-5-7-9-11-13-15-17-19-21-23-36(63)81-28-31(84-37(64)24-22-20-18-16-14-12-10-8-6-4-2)29-83-93(79,80)92-54-47(74)44(71)43(70)46(73)53(54)90-58-51(78)48(75)52(34(27-62)87-58)89-57-50(77)42(69)40(67)35(88-57)30-82-59-55(45(72)39(66)33(26-61)86-59)91-56-49(76)41(68)38(65)32(25-60)85-56/h31-35,38-62,65-78H,3-30H2,1-2H3,(H,79,80)/p-1/t31-,32-,33-,34-,35-,38-,39-,40-,41+,42+,43-,44-,45+,46+,47-,48-,49+,50+,51-,52-,53-,54-,55+,56-,57-,58-,59+/m1/s1. The van der Waals surface area contributed by atoms with Gasteiger partial charge in [-0.2, -0.15) is 0 Å². The number of carbonyl (C=O) groups is 2. The first-order chi connectivity index (χ1) is 44.3. The van der Waals surface area contributed by atoms with Crippen molar-refractivity contribution in [1.29, 1.82) is 0 Å². The Balaban J connectivity index is 1.22. The van der Waals surface area contributed by atoms with Crippen LogP contribution in [-0.4, -0.2) is 304 Å². The van der Waals surface area contributed by atoms with Gasteiger partial charge >= 0.3 is 11.9 Å².